The van der Waals surface area contributed by atoms with Gasteiger partial charge in [0.2, 0.25) is 0 Å². The Labute approximate surface area is 112 Å². The molecule has 0 radical (unpaired) electrons. The third kappa shape index (κ3) is 3.09. The van der Waals surface area contributed by atoms with Crippen LogP contribution in [0.5, 0.6) is 0 Å². The van der Waals surface area contributed by atoms with E-state index in [9.17, 15) is 9.90 Å². The quantitative estimate of drug-likeness (QED) is 0.856. The largest absolute Gasteiger partial charge is 0.462 e. The summed E-state index contributed by atoms with van der Waals surface area (Å²) in [6, 6.07) is 7.50. The monoisotopic (exact) mass is 259 g/mol. The van der Waals surface area contributed by atoms with Crippen molar-refractivity contribution in [1.29, 1.82) is 0 Å². The molecule has 0 aliphatic carbocycles. The summed E-state index contributed by atoms with van der Waals surface area (Å²) >= 11 is 0. The van der Waals surface area contributed by atoms with E-state index in [-0.39, 0.29) is 5.97 Å². The van der Waals surface area contributed by atoms with Gasteiger partial charge in [0.15, 0.2) is 0 Å². The van der Waals surface area contributed by atoms with Crippen molar-refractivity contribution in [2.24, 2.45) is 0 Å². The predicted molar refractivity (Wildman–Crippen MR) is 73.1 cm³/mol. The van der Waals surface area contributed by atoms with Crippen LogP contribution >= 0.6 is 0 Å². The topological polar surface area (TPSA) is 59.4 Å². The SMILES string of the molecule is CCOC(=O)c1cnc2cccc(CC(C)O)c2c1. The molecule has 4 heteroatoms. The van der Waals surface area contributed by atoms with Crippen molar-refractivity contribution >= 4 is 16.9 Å². The second kappa shape index (κ2) is 5.80. The van der Waals surface area contributed by atoms with Gasteiger partial charge in [0.1, 0.15) is 0 Å². The molecular formula is C15H17NO3. The average molecular weight is 259 g/mol. The van der Waals surface area contributed by atoms with Crippen LogP contribution in [0.15, 0.2) is 30.5 Å². The minimum absolute atomic E-state index is 0.339. The molecule has 2 rings (SSSR count). The van der Waals surface area contributed by atoms with Gasteiger partial charge in [-0.1, -0.05) is 12.1 Å². The molecule has 0 spiro atoms. The molecular weight excluding hydrogens is 242 g/mol. The number of aliphatic hydroxyl groups excluding tert-OH is 1. The van der Waals surface area contributed by atoms with Crippen LogP contribution in [0.2, 0.25) is 0 Å². The van der Waals surface area contributed by atoms with Gasteiger partial charge in [-0.05, 0) is 38.0 Å². The minimum Gasteiger partial charge on any atom is -0.462 e. The van der Waals surface area contributed by atoms with Crippen LogP contribution in [0.4, 0.5) is 0 Å². The normalized spacial score (nSPS) is 12.4. The summed E-state index contributed by atoms with van der Waals surface area (Å²) in [7, 11) is 0. The van der Waals surface area contributed by atoms with E-state index in [4.69, 9.17) is 4.74 Å². The molecule has 0 bridgehead atoms. The van der Waals surface area contributed by atoms with Crippen molar-refractivity contribution in [2.45, 2.75) is 26.4 Å². The Morgan fingerprint density at radius 2 is 2.26 bits per heavy atom. The fraction of sp³-hybridized carbons (Fsp3) is 0.333. The maximum Gasteiger partial charge on any atom is 0.339 e. The molecule has 4 nitrogen and oxygen atoms in total. The number of aliphatic hydroxyl groups is 1. The first-order valence-corrected chi connectivity index (χ1v) is 6.34. The van der Waals surface area contributed by atoms with Gasteiger partial charge in [-0.15, -0.1) is 0 Å². The lowest BCUT2D eigenvalue weighted by Gasteiger charge is -2.09. The molecule has 2 aromatic rings. The Hall–Kier alpha value is -1.94. The van der Waals surface area contributed by atoms with E-state index < -0.39 is 6.10 Å². The molecule has 100 valence electrons. The van der Waals surface area contributed by atoms with Crippen molar-refractivity contribution in [1.82, 2.24) is 4.98 Å². The Morgan fingerprint density at radius 3 is 2.95 bits per heavy atom. The molecule has 0 aliphatic rings. The first kappa shape index (κ1) is 13.5. The third-order valence-electron chi connectivity index (χ3n) is 2.84. The van der Waals surface area contributed by atoms with Crippen molar-refractivity contribution in [3.05, 3.63) is 41.6 Å². The van der Waals surface area contributed by atoms with Gasteiger partial charge in [0.05, 0.1) is 23.8 Å². The molecule has 0 saturated heterocycles. The number of hydrogen-bond donors (Lipinski definition) is 1. The number of carbonyl (C=O) groups is 1. The van der Waals surface area contributed by atoms with Gasteiger partial charge < -0.3 is 9.84 Å². The lowest BCUT2D eigenvalue weighted by Crippen LogP contribution is -2.07. The molecule has 1 N–H and O–H groups in total. The summed E-state index contributed by atoms with van der Waals surface area (Å²) in [5.41, 5.74) is 2.23. The molecule has 1 heterocycles. The summed E-state index contributed by atoms with van der Waals surface area (Å²) < 4.78 is 4.97. The lowest BCUT2D eigenvalue weighted by atomic mass is 10.0. The van der Waals surface area contributed by atoms with Gasteiger partial charge in [-0.3, -0.25) is 4.98 Å². The van der Waals surface area contributed by atoms with E-state index in [1.807, 2.05) is 18.2 Å². The summed E-state index contributed by atoms with van der Waals surface area (Å²) in [6.07, 6.45) is 1.62. The summed E-state index contributed by atoms with van der Waals surface area (Å²) in [6.45, 7) is 3.85. The molecule has 1 aromatic carbocycles. The number of nitrogens with zero attached hydrogens (tertiary/aromatic N) is 1. The van der Waals surface area contributed by atoms with Crippen LogP contribution in [0, 0.1) is 0 Å². The maximum atomic E-state index is 11.7. The predicted octanol–water partition coefficient (Wildman–Crippen LogP) is 2.33. The van der Waals surface area contributed by atoms with Crippen molar-refractivity contribution in [3.63, 3.8) is 0 Å². The number of benzene rings is 1. The van der Waals surface area contributed by atoms with E-state index in [0.29, 0.717) is 18.6 Å². The average Bonchev–Trinajstić information content (AvgIpc) is 2.38. The third-order valence-corrected chi connectivity index (χ3v) is 2.84. The van der Waals surface area contributed by atoms with Gasteiger partial charge in [-0.2, -0.15) is 0 Å². The summed E-state index contributed by atoms with van der Waals surface area (Å²) in [4.78, 5) is 16.0. The number of carbonyl (C=O) groups excluding carboxylic acids is 1. The fourth-order valence-corrected chi connectivity index (χ4v) is 2.03. The number of pyridine rings is 1. The van der Waals surface area contributed by atoms with E-state index in [2.05, 4.69) is 4.98 Å². The molecule has 0 fully saturated rings. The number of esters is 1. The Kier molecular flexibility index (Phi) is 4.12. The highest BCUT2D eigenvalue weighted by Crippen LogP contribution is 2.20. The van der Waals surface area contributed by atoms with Crippen LogP contribution in [-0.4, -0.2) is 28.8 Å². The van der Waals surface area contributed by atoms with Crippen LogP contribution in [0.3, 0.4) is 0 Å². The number of aromatic nitrogens is 1. The zero-order chi connectivity index (χ0) is 13.8. The number of hydrogen-bond acceptors (Lipinski definition) is 4. The lowest BCUT2D eigenvalue weighted by molar-refractivity contribution is 0.0526. The molecule has 0 saturated carbocycles. The van der Waals surface area contributed by atoms with Crippen molar-refractivity contribution in [2.75, 3.05) is 6.61 Å². The molecule has 1 aromatic heterocycles. The highest BCUT2D eigenvalue weighted by Gasteiger charge is 2.11. The number of fused-ring (bicyclic) bond motifs is 1. The number of ether oxygens (including phenoxy) is 1. The van der Waals surface area contributed by atoms with E-state index in [1.54, 1.807) is 19.9 Å². The van der Waals surface area contributed by atoms with Crippen LogP contribution in [-0.2, 0) is 11.2 Å². The number of rotatable bonds is 4. The summed E-state index contributed by atoms with van der Waals surface area (Å²) in [5.74, 6) is -0.372. The van der Waals surface area contributed by atoms with Gasteiger partial charge in [-0.25, -0.2) is 4.79 Å². The van der Waals surface area contributed by atoms with Gasteiger partial charge in [0.25, 0.3) is 0 Å². The van der Waals surface area contributed by atoms with Gasteiger partial charge >= 0.3 is 5.97 Å². The fourth-order valence-electron chi connectivity index (χ4n) is 2.03. The van der Waals surface area contributed by atoms with Crippen LogP contribution in [0.1, 0.15) is 29.8 Å². The van der Waals surface area contributed by atoms with Crippen molar-refractivity contribution < 1.29 is 14.6 Å². The van der Waals surface area contributed by atoms with Gasteiger partial charge in [0, 0.05) is 11.6 Å². The Balaban J connectivity index is 2.47. The Bertz CT molecular complexity index is 593. The van der Waals surface area contributed by atoms with Crippen molar-refractivity contribution in [3.8, 4) is 0 Å². The molecule has 1 unspecified atom stereocenters. The highest BCUT2D eigenvalue weighted by molar-refractivity contribution is 5.94. The molecule has 0 amide bonds. The minimum atomic E-state index is -0.433. The standard InChI is InChI=1S/C15H17NO3/c1-3-19-15(18)12-8-13-11(7-10(2)17)5-4-6-14(13)16-9-12/h4-6,8-10,17H,3,7H2,1-2H3. The molecule has 0 aliphatic heterocycles. The zero-order valence-corrected chi connectivity index (χ0v) is 11.1. The van der Waals surface area contributed by atoms with Crippen LogP contribution in [0.25, 0.3) is 10.9 Å². The molecule has 19 heavy (non-hydrogen) atoms. The highest BCUT2D eigenvalue weighted by atomic mass is 16.5. The zero-order valence-electron chi connectivity index (χ0n) is 11.1. The van der Waals surface area contributed by atoms with E-state index in [1.165, 1.54) is 6.20 Å². The summed E-state index contributed by atoms with van der Waals surface area (Å²) in [5, 5.41) is 10.4. The van der Waals surface area contributed by atoms with E-state index >= 15 is 0 Å². The smallest absolute Gasteiger partial charge is 0.339 e. The van der Waals surface area contributed by atoms with Crippen LogP contribution < -0.4 is 0 Å². The first-order chi connectivity index (χ1) is 9.11. The first-order valence-electron chi connectivity index (χ1n) is 6.34. The molecule has 1 atom stereocenters. The second-order valence-electron chi connectivity index (χ2n) is 4.48. The van der Waals surface area contributed by atoms with E-state index in [0.717, 1.165) is 16.5 Å². The Morgan fingerprint density at radius 1 is 1.47 bits per heavy atom. The maximum absolute atomic E-state index is 11.7. The second-order valence-corrected chi connectivity index (χ2v) is 4.48.